The van der Waals surface area contributed by atoms with Crippen LogP contribution in [0.4, 0.5) is 8.78 Å². The van der Waals surface area contributed by atoms with Crippen molar-refractivity contribution in [2.24, 2.45) is 5.92 Å². The summed E-state index contributed by atoms with van der Waals surface area (Å²) in [5, 5.41) is 0. The lowest BCUT2D eigenvalue weighted by atomic mass is 10.2. The number of halogens is 3. The maximum atomic E-state index is 13.3. The Bertz CT molecular complexity index is 291. The molecular formula is C8H7ClF2S. The quantitative estimate of drug-likeness (QED) is 0.692. The van der Waals surface area contributed by atoms with E-state index in [2.05, 4.69) is 0 Å². The van der Waals surface area contributed by atoms with Crippen molar-refractivity contribution in [1.82, 2.24) is 0 Å². The van der Waals surface area contributed by atoms with Crippen LogP contribution in [-0.2, 0) is 5.92 Å². The van der Waals surface area contributed by atoms with E-state index in [9.17, 15) is 8.78 Å². The molecule has 1 saturated carbocycles. The van der Waals surface area contributed by atoms with Gasteiger partial charge in [0, 0.05) is 5.92 Å². The molecule has 1 aliphatic rings. The van der Waals surface area contributed by atoms with Crippen molar-refractivity contribution in [1.29, 1.82) is 0 Å². The van der Waals surface area contributed by atoms with Gasteiger partial charge in [-0.15, -0.1) is 11.3 Å². The van der Waals surface area contributed by atoms with Gasteiger partial charge in [0.25, 0.3) is 5.92 Å². The second kappa shape index (κ2) is 2.67. The number of alkyl halides is 2. The Morgan fingerprint density at radius 3 is 2.50 bits per heavy atom. The molecule has 0 spiro atoms. The molecule has 1 fully saturated rings. The fourth-order valence-electron chi connectivity index (χ4n) is 1.14. The predicted octanol–water partition coefficient (Wildman–Crippen LogP) is 3.90. The van der Waals surface area contributed by atoms with Crippen molar-refractivity contribution >= 4 is 22.9 Å². The molecule has 4 heteroatoms. The van der Waals surface area contributed by atoms with Crippen molar-refractivity contribution in [2.45, 2.75) is 18.8 Å². The van der Waals surface area contributed by atoms with Crippen molar-refractivity contribution in [3.05, 3.63) is 21.3 Å². The topological polar surface area (TPSA) is 0 Å². The highest BCUT2D eigenvalue weighted by atomic mass is 35.5. The number of hydrogen-bond acceptors (Lipinski definition) is 1. The van der Waals surface area contributed by atoms with Crippen LogP contribution in [0.1, 0.15) is 17.7 Å². The lowest BCUT2D eigenvalue weighted by Crippen LogP contribution is -2.13. The monoisotopic (exact) mass is 208 g/mol. The van der Waals surface area contributed by atoms with Gasteiger partial charge in [0.15, 0.2) is 0 Å². The molecule has 66 valence electrons. The minimum Gasteiger partial charge on any atom is -0.200 e. The predicted molar refractivity (Wildman–Crippen MR) is 45.9 cm³/mol. The number of hydrogen-bond donors (Lipinski definition) is 0. The van der Waals surface area contributed by atoms with Crippen LogP contribution < -0.4 is 0 Å². The fourth-order valence-corrected chi connectivity index (χ4v) is 2.24. The maximum Gasteiger partial charge on any atom is 0.285 e. The van der Waals surface area contributed by atoms with E-state index in [0.29, 0.717) is 17.2 Å². The van der Waals surface area contributed by atoms with E-state index in [4.69, 9.17) is 11.6 Å². The van der Waals surface area contributed by atoms with Gasteiger partial charge >= 0.3 is 0 Å². The number of thiophene rings is 1. The minimum absolute atomic E-state index is 0.106. The normalized spacial score (nSPS) is 18.2. The lowest BCUT2D eigenvalue weighted by molar-refractivity contribution is -0.0247. The summed E-state index contributed by atoms with van der Waals surface area (Å²) in [6, 6.07) is 2.95. The van der Waals surface area contributed by atoms with Crippen LogP contribution in [0, 0.1) is 5.92 Å². The highest BCUT2D eigenvalue weighted by molar-refractivity contribution is 7.16. The molecule has 1 heterocycles. The number of rotatable bonds is 2. The Morgan fingerprint density at radius 1 is 1.42 bits per heavy atom. The largest absolute Gasteiger partial charge is 0.285 e. The second-order valence-corrected chi connectivity index (χ2v) is 4.72. The maximum absolute atomic E-state index is 13.3. The lowest BCUT2D eigenvalue weighted by Gasteiger charge is -2.12. The Hall–Kier alpha value is -0.150. The van der Waals surface area contributed by atoms with Crippen LogP contribution in [0.2, 0.25) is 4.34 Å². The molecule has 2 rings (SSSR count). The van der Waals surface area contributed by atoms with Gasteiger partial charge in [-0.2, -0.15) is 0 Å². The molecule has 0 aliphatic heterocycles. The molecule has 0 radical (unpaired) electrons. The Labute approximate surface area is 78.2 Å². The zero-order valence-corrected chi connectivity index (χ0v) is 7.76. The smallest absolute Gasteiger partial charge is 0.200 e. The molecule has 1 aromatic rings. The first kappa shape index (κ1) is 8.45. The van der Waals surface area contributed by atoms with Gasteiger partial charge in [-0.25, -0.2) is 8.78 Å². The van der Waals surface area contributed by atoms with Crippen molar-refractivity contribution in [3.63, 3.8) is 0 Å². The third-order valence-electron chi connectivity index (χ3n) is 1.99. The van der Waals surface area contributed by atoms with Crippen LogP contribution in [0.5, 0.6) is 0 Å². The Morgan fingerprint density at radius 2 is 2.08 bits per heavy atom. The van der Waals surface area contributed by atoms with E-state index in [1.165, 1.54) is 12.1 Å². The van der Waals surface area contributed by atoms with E-state index in [0.717, 1.165) is 11.3 Å². The Balaban J connectivity index is 2.27. The van der Waals surface area contributed by atoms with Crippen molar-refractivity contribution in [2.75, 3.05) is 0 Å². The van der Waals surface area contributed by atoms with Crippen molar-refractivity contribution < 1.29 is 8.78 Å². The zero-order chi connectivity index (χ0) is 8.77. The summed E-state index contributed by atoms with van der Waals surface area (Å²) in [6.45, 7) is 0. The molecule has 1 aliphatic carbocycles. The van der Waals surface area contributed by atoms with E-state index in [1.807, 2.05) is 0 Å². The van der Waals surface area contributed by atoms with E-state index in [1.54, 1.807) is 0 Å². The van der Waals surface area contributed by atoms with E-state index < -0.39 is 11.8 Å². The summed E-state index contributed by atoms with van der Waals surface area (Å²) in [4.78, 5) is 0.106. The van der Waals surface area contributed by atoms with Gasteiger partial charge in [-0.05, 0) is 25.0 Å². The standard InChI is InChI=1S/C8H7ClF2S/c9-7-4-3-6(12-7)8(10,11)5-1-2-5/h3-5H,1-2H2. The van der Waals surface area contributed by atoms with Crippen LogP contribution in [0.15, 0.2) is 12.1 Å². The molecular weight excluding hydrogens is 202 g/mol. The molecule has 12 heavy (non-hydrogen) atoms. The van der Waals surface area contributed by atoms with Gasteiger partial charge in [0.2, 0.25) is 0 Å². The molecule has 0 atom stereocenters. The molecule has 0 amide bonds. The summed E-state index contributed by atoms with van der Waals surface area (Å²) < 4.78 is 27.0. The van der Waals surface area contributed by atoms with Gasteiger partial charge in [0.1, 0.15) is 0 Å². The first-order chi connectivity index (χ1) is 5.60. The van der Waals surface area contributed by atoms with Gasteiger partial charge in [-0.3, -0.25) is 0 Å². The third kappa shape index (κ3) is 1.36. The summed E-state index contributed by atoms with van der Waals surface area (Å²) >= 11 is 6.56. The molecule has 0 unspecified atom stereocenters. The average molecular weight is 209 g/mol. The molecule has 1 aromatic heterocycles. The minimum atomic E-state index is -2.64. The molecule has 0 bridgehead atoms. The summed E-state index contributed by atoms with van der Waals surface area (Å²) in [7, 11) is 0. The highest BCUT2D eigenvalue weighted by Gasteiger charge is 2.48. The molecule has 0 aromatic carbocycles. The summed E-state index contributed by atoms with van der Waals surface area (Å²) in [5.74, 6) is -3.08. The summed E-state index contributed by atoms with van der Waals surface area (Å²) in [5.41, 5.74) is 0. The Kier molecular flexibility index (Phi) is 1.88. The average Bonchev–Trinajstić information content (AvgIpc) is 2.75. The van der Waals surface area contributed by atoms with E-state index >= 15 is 0 Å². The highest BCUT2D eigenvalue weighted by Crippen LogP contribution is 2.51. The SMILES string of the molecule is FC(F)(c1ccc(Cl)s1)C1CC1. The first-order valence-corrected chi connectivity index (χ1v) is 4.94. The molecule has 0 N–H and O–H groups in total. The molecule has 0 saturated heterocycles. The fraction of sp³-hybridized carbons (Fsp3) is 0.500. The van der Waals surface area contributed by atoms with E-state index in [-0.39, 0.29) is 4.88 Å². The van der Waals surface area contributed by atoms with Gasteiger partial charge < -0.3 is 0 Å². The third-order valence-corrected chi connectivity index (χ3v) is 3.31. The van der Waals surface area contributed by atoms with Crippen LogP contribution in [-0.4, -0.2) is 0 Å². The van der Waals surface area contributed by atoms with Crippen LogP contribution in [0.3, 0.4) is 0 Å². The summed E-state index contributed by atoms with van der Waals surface area (Å²) in [6.07, 6.45) is 1.28. The van der Waals surface area contributed by atoms with Gasteiger partial charge in [-0.1, -0.05) is 11.6 Å². The van der Waals surface area contributed by atoms with Crippen LogP contribution >= 0.6 is 22.9 Å². The second-order valence-electron chi connectivity index (χ2n) is 3.00. The zero-order valence-electron chi connectivity index (χ0n) is 6.19. The first-order valence-electron chi connectivity index (χ1n) is 3.74. The van der Waals surface area contributed by atoms with Gasteiger partial charge in [0.05, 0.1) is 9.21 Å². The molecule has 0 nitrogen and oxygen atoms in total. The van der Waals surface area contributed by atoms with Crippen LogP contribution in [0.25, 0.3) is 0 Å². The van der Waals surface area contributed by atoms with Crippen molar-refractivity contribution in [3.8, 4) is 0 Å².